The summed E-state index contributed by atoms with van der Waals surface area (Å²) in [5.74, 6) is 1.09. The van der Waals surface area contributed by atoms with Crippen LogP contribution in [0.2, 0.25) is 0 Å². The number of aryl methyl sites for hydroxylation is 1. The Kier molecular flexibility index (Phi) is 6.21. The molecule has 1 atom stereocenters. The number of imidazole rings is 1. The number of fused-ring (bicyclic) bond motifs is 1. The zero-order valence-electron chi connectivity index (χ0n) is 13.4. The van der Waals surface area contributed by atoms with E-state index in [0.29, 0.717) is 0 Å². The maximum Gasteiger partial charge on any atom is 0.126 e. The molecule has 1 heterocycles. The van der Waals surface area contributed by atoms with Crippen molar-refractivity contribution in [3.8, 4) is 0 Å². The summed E-state index contributed by atoms with van der Waals surface area (Å²) in [7, 11) is 2.08. The molecule has 2 rings (SSSR count). The molecular weight excluding hydrogens is 262 g/mol. The number of benzene rings is 1. The monoisotopic (exact) mass is 289 g/mol. The second kappa shape index (κ2) is 8.15. The van der Waals surface area contributed by atoms with E-state index in [2.05, 4.69) is 49.0 Å². The fourth-order valence-corrected chi connectivity index (χ4v) is 2.48. The van der Waals surface area contributed by atoms with Gasteiger partial charge in [0, 0.05) is 20.3 Å². The van der Waals surface area contributed by atoms with E-state index < -0.39 is 0 Å². The molecule has 4 heteroatoms. The van der Waals surface area contributed by atoms with Gasteiger partial charge >= 0.3 is 0 Å². The standard InChI is InChI=1S/C17H27N3O/c1-4-5-12-21-13-8-11-18-14(2)17-19-15-9-6-7-10-16(15)20(17)3/h6-7,9-10,14,18H,4-5,8,11-13H2,1-3H3. The molecule has 1 unspecified atom stereocenters. The van der Waals surface area contributed by atoms with Gasteiger partial charge in [0.25, 0.3) is 0 Å². The molecule has 21 heavy (non-hydrogen) atoms. The molecule has 1 aromatic heterocycles. The van der Waals surface area contributed by atoms with Crippen LogP contribution in [0.4, 0.5) is 0 Å². The van der Waals surface area contributed by atoms with Gasteiger partial charge in [0.1, 0.15) is 5.82 Å². The van der Waals surface area contributed by atoms with Crippen LogP contribution in [0, 0.1) is 0 Å². The van der Waals surface area contributed by atoms with Crippen LogP contribution in [0.5, 0.6) is 0 Å². The molecule has 0 amide bonds. The lowest BCUT2D eigenvalue weighted by Crippen LogP contribution is -2.23. The Morgan fingerprint density at radius 2 is 2.00 bits per heavy atom. The zero-order valence-corrected chi connectivity index (χ0v) is 13.4. The minimum atomic E-state index is 0.248. The van der Waals surface area contributed by atoms with Crippen LogP contribution in [0.25, 0.3) is 11.0 Å². The Labute approximate surface area is 127 Å². The first-order valence-corrected chi connectivity index (χ1v) is 7.96. The maximum absolute atomic E-state index is 5.57. The van der Waals surface area contributed by atoms with Crippen LogP contribution in [-0.4, -0.2) is 29.3 Å². The van der Waals surface area contributed by atoms with Crippen molar-refractivity contribution in [3.05, 3.63) is 30.1 Å². The van der Waals surface area contributed by atoms with E-state index >= 15 is 0 Å². The summed E-state index contributed by atoms with van der Waals surface area (Å²) in [6, 6.07) is 8.51. The summed E-state index contributed by atoms with van der Waals surface area (Å²) >= 11 is 0. The fraction of sp³-hybridized carbons (Fsp3) is 0.588. The van der Waals surface area contributed by atoms with Crippen LogP contribution in [-0.2, 0) is 11.8 Å². The third-order valence-corrected chi connectivity index (χ3v) is 3.77. The summed E-state index contributed by atoms with van der Waals surface area (Å²) in [5.41, 5.74) is 2.25. The van der Waals surface area contributed by atoms with Gasteiger partial charge in [-0.15, -0.1) is 0 Å². The van der Waals surface area contributed by atoms with Crippen LogP contribution < -0.4 is 5.32 Å². The van der Waals surface area contributed by atoms with E-state index in [9.17, 15) is 0 Å². The topological polar surface area (TPSA) is 39.1 Å². The molecule has 0 aliphatic carbocycles. The molecule has 0 bridgehead atoms. The highest BCUT2D eigenvalue weighted by Gasteiger charge is 2.13. The number of aromatic nitrogens is 2. The van der Waals surface area contributed by atoms with Crippen LogP contribution >= 0.6 is 0 Å². The number of nitrogens with one attached hydrogen (secondary N) is 1. The van der Waals surface area contributed by atoms with Crippen molar-refractivity contribution >= 4 is 11.0 Å². The molecule has 0 aliphatic rings. The van der Waals surface area contributed by atoms with Crippen LogP contribution in [0.1, 0.15) is 45.0 Å². The van der Waals surface area contributed by atoms with Crippen molar-refractivity contribution < 1.29 is 4.74 Å². The summed E-state index contributed by atoms with van der Waals surface area (Å²) in [5, 5.41) is 3.53. The summed E-state index contributed by atoms with van der Waals surface area (Å²) < 4.78 is 7.74. The second-order valence-corrected chi connectivity index (χ2v) is 5.51. The first kappa shape index (κ1) is 16.0. The highest BCUT2D eigenvalue weighted by atomic mass is 16.5. The Hall–Kier alpha value is -1.39. The Balaban J connectivity index is 1.79. The first-order chi connectivity index (χ1) is 10.2. The lowest BCUT2D eigenvalue weighted by atomic mass is 10.3. The number of ether oxygens (including phenoxy) is 1. The highest BCUT2D eigenvalue weighted by Crippen LogP contribution is 2.18. The molecule has 116 valence electrons. The molecular formula is C17H27N3O. The molecule has 0 saturated carbocycles. The SMILES string of the molecule is CCCCOCCCNC(C)c1nc2ccccc2n1C. The van der Waals surface area contributed by atoms with Crippen molar-refractivity contribution in [1.82, 2.24) is 14.9 Å². The lowest BCUT2D eigenvalue weighted by molar-refractivity contribution is 0.128. The van der Waals surface area contributed by atoms with Gasteiger partial charge in [0.05, 0.1) is 17.1 Å². The number of para-hydroxylation sites is 2. The predicted molar refractivity (Wildman–Crippen MR) is 87.5 cm³/mol. The van der Waals surface area contributed by atoms with Crippen molar-refractivity contribution in [2.45, 2.75) is 39.2 Å². The van der Waals surface area contributed by atoms with Crippen molar-refractivity contribution in [1.29, 1.82) is 0 Å². The Morgan fingerprint density at radius 3 is 2.76 bits per heavy atom. The molecule has 2 aromatic rings. The van der Waals surface area contributed by atoms with E-state index in [1.165, 1.54) is 11.9 Å². The van der Waals surface area contributed by atoms with E-state index in [0.717, 1.165) is 43.9 Å². The van der Waals surface area contributed by atoms with E-state index in [4.69, 9.17) is 9.72 Å². The van der Waals surface area contributed by atoms with Crippen LogP contribution in [0.15, 0.2) is 24.3 Å². The number of rotatable bonds is 9. The summed E-state index contributed by atoms with van der Waals surface area (Å²) in [6.07, 6.45) is 3.39. The third-order valence-electron chi connectivity index (χ3n) is 3.77. The molecule has 1 aromatic carbocycles. The highest BCUT2D eigenvalue weighted by molar-refractivity contribution is 5.75. The van der Waals surface area contributed by atoms with Gasteiger partial charge in [-0.05, 0) is 38.4 Å². The van der Waals surface area contributed by atoms with Gasteiger partial charge < -0.3 is 14.6 Å². The fourth-order valence-electron chi connectivity index (χ4n) is 2.48. The Bertz CT molecular complexity index is 550. The number of hydrogen-bond donors (Lipinski definition) is 1. The van der Waals surface area contributed by atoms with Gasteiger partial charge in [-0.3, -0.25) is 0 Å². The number of hydrogen-bond acceptors (Lipinski definition) is 3. The summed E-state index contributed by atoms with van der Waals surface area (Å²) in [4.78, 5) is 4.72. The number of nitrogens with zero attached hydrogens (tertiary/aromatic N) is 2. The third kappa shape index (κ3) is 4.29. The van der Waals surface area contributed by atoms with Gasteiger partial charge in [0.2, 0.25) is 0 Å². The van der Waals surface area contributed by atoms with E-state index in [1.807, 2.05) is 6.07 Å². The van der Waals surface area contributed by atoms with E-state index in [-0.39, 0.29) is 6.04 Å². The average molecular weight is 289 g/mol. The lowest BCUT2D eigenvalue weighted by Gasteiger charge is -2.13. The summed E-state index contributed by atoms with van der Waals surface area (Å²) in [6.45, 7) is 7.03. The van der Waals surface area contributed by atoms with Crippen molar-refractivity contribution in [2.24, 2.45) is 7.05 Å². The largest absolute Gasteiger partial charge is 0.381 e. The smallest absolute Gasteiger partial charge is 0.126 e. The van der Waals surface area contributed by atoms with Crippen molar-refractivity contribution in [3.63, 3.8) is 0 Å². The molecule has 0 fully saturated rings. The van der Waals surface area contributed by atoms with Crippen molar-refractivity contribution in [2.75, 3.05) is 19.8 Å². The maximum atomic E-state index is 5.57. The van der Waals surface area contributed by atoms with E-state index in [1.54, 1.807) is 0 Å². The molecule has 0 saturated heterocycles. The van der Waals surface area contributed by atoms with Gasteiger partial charge in [0.15, 0.2) is 0 Å². The average Bonchev–Trinajstić information content (AvgIpc) is 2.84. The molecule has 0 aliphatic heterocycles. The number of unbranched alkanes of at least 4 members (excludes halogenated alkanes) is 1. The van der Waals surface area contributed by atoms with Gasteiger partial charge in [-0.2, -0.15) is 0 Å². The second-order valence-electron chi connectivity index (χ2n) is 5.51. The Morgan fingerprint density at radius 1 is 1.24 bits per heavy atom. The molecule has 0 spiro atoms. The minimum Gasteiger partial charge on any atom is -0.381 e. The normalized spacial score (nSPS) is 12.9. The first-order valence-electron chi connectivity index (χ1n) is 7.96. The molecule has 4 nitrogen and oxygen atoms in total. The quantitative estimate of drug-likeness (QED) is 0.719. The molecule has 1 N–H and O–H groups in total. The van der Waals surface area contributed by atoms with Gasteiger partial charge in [-0.1, -0.05) is 25.5 Å². The predicted octanol–water partition coefficient (Wildman–Crippen LogP) is 3.43. The zero-order chi connectivity index (χ0) is 15.1. The van der Waals surface area contributed by atoms with Gasteiger partial charge in [-0.25, -0.2) is 4.98 Å². The minimum absolute atomic E-state index is 0.248. The van der Waals surface area contributed by atoms with Crippen LogP contribution in [0.3, 0.4) is 0 Å². The molecule has 0 radical (unpaired) electrons.